The zero-order valence-electron chi connectivity index (χ0n) is 17.1. The van der Waals surface area contributed by atoms with Crippen molar-refractivity contribution < 1.29 is 14.0 Å². The van der Waals surface area contributed by atoms with E-state index in [1.54, 1.807) is 41.7 Å². The summed E-state index contributed by atoms with van der Waals surface area (Å²) in [6, 6.07) is 0. The van der Waals surface area contributed by atoms with Crippen LogP contribution in [0.2, 0.25) is 0 Å². The van der Waals surface area contributed by atoms with Crippen LogP contribution >= 0.6 is 0 Å². The van der Waals surface area contributed by atoms with Gasteiger partial charge in [0.15, 0.2) is 5.65 Å². The summed E-state index contributed by atoms with van der Waals surface area (Å²) in [6.07, 6.45) is 8.61. The van der Waals surface area contributed by atoms with Crippen molar-refractivity contribution >= 4 is 23.0 Å². The number of fused-ring (bicyclic) bond motifs is 1. The van der Waals surface area contributed by atoms with Gasteiger partial charge in [0, 0.05) is 44.2 Å². The number of aromatic nitrogens is 3. The fourth-order valence-corrected chi connectivity index (χ4v) is 3.87. The summed E-state index contributed by atoms with van der Waals surface area (Å²) < 4.78 is 16.8. The molecule has 1 saturated heterocycles. The lowest BCUT2D eigenvalue weighted by molar-refractivity contribution is -0.131. The van der Waals surface area contributed by atoms with E-state index in [4.69, 9.17) is 5.73 Å². The van der Waals surface area contributed by atoms with Gasteiger partial charge < -0.3 is 15.0 Å². The van der Waals surface area contributed by atoms with Gasteiger partial charge in [-0.2, -0.15) is 0 Å². The van der Waals surface area contributed by atoms with Crippen LogP contribution in [0.5, 0.6) is 0 Å². The fourth-order valence-electron chi connectivity index (χ4n) is 3.87. The first-order chi connectivity index (χ1) is 14.1. The SMILES string of the molecule is CN1CC[C@@](C)(C#CC2=CC(C)(F)CC(c3nc(C(N)=O)cn4ccnc34)=C2)C1=O. The molecule has 2 aromatic rings. The van der Waals surface area contributed by atoms with Crippen molar-refractivity contribution in [3.05, 3.63) is 47.7 Å². The van der Waals surface area contributed by atoms with E-state index in [9.17, 15) is 9.59 Å². The molecule has 4 rings (SSSR count). The molecule has 1 fully saturated rings. The summed E-state index contributed by atoms with van der Waals surface area (Å²) in [4.78, 5) is 34.4. The highest BCUT2D eigenvalue weighted by Crippen LogP contribution is 2.36. The van der Waals surface area contributed by atoms with Crippen LogP contribution < -0.4 is 5.73 Å². The highest BCUT2D eigenvalue weighted by atomic mass is 19.1. The van der Waals surface area contributed by atoms with Crippen LogP contribution in [0.25, 0.3) is 11.2 Å². The summed E-state index contributed by atoms with van der Waals surface area (Å²) in [5.41, 5.74) is 4.92. The van der Waals surface area contributed by atoms with E-state index in [0.29, 0.717) is 35.5 Å². The molecule has 8 heteroatoms. The number of imidazole rings is 1. The minimum absolute atomic E-state index is 0.0338. The lowest BCUT2D eigenvalue weighted by Crippen LogP contribution is -2.28. The molecule has 1 unspecified atom stereocenters. The number of hydrogen-bond acceptors (Lipinski definition) is 4. The Hall–Kier alpha value is -3.47. The molecule has 2 amide bonds. The number of hydrogen-bond donors (Lipinski definition) is 1. The van der Waals surface area contributed by atoms with Crippen LogP contribution in [-0.4, -0.2) is 50.3 Å². The second kappa shape index (κ2) is 6.80. The van der Waals surface area contributed by atoms with Crippen molar-refractivity contribution in [3.8, 4) is 11.8 Å². The molecule has 0 aromatic carbocycles. The van der Waals surface area contributed by atoms with Gasteiger partial charge in [-0.25, -0.2) is 14.4 Å². The number of carbonyl (C=O) groups excluding carboxylic acids is 2. The Kier molecular flexibility index (Phi) is 4.49. The maximum absolute atomic E-state index is 15.2. The van der Waals surface area contributed by atoms with E-state index in [0.717, 1.165) is 0 Å². The zero-order chi connectivity index (χ0) is 21.7. The molecule has 1 aliphatic heterocycles. The standard InChI is InChI=1S/C22H22FN5O2/c1-21(6-8-27(3)20(21)30)5-4-14-10-15(12-22(2,23)11-14)17-19-25-7-9-28(19)13-16(26-17)18(24)29/h7,9-11,13H,6,8,12H2,1-3H3,(H2,24,29)/t21-,22?/m1/s1. The molecule has 7 nitrogen and oxygen atoms in total. The van der Waals surface area contributed by atoms with Gasteiger partial charge in [-0.05, 0) is 38.0 Å². The first-order valence-corrected chi connectivity index (χ1v) is 9.63. The Morgan fingerprint density at radius 1 is 1.37 bits per heavy atom. The van der Waals surface area contributed by atoms with Gasteiger partial charge in [0.05, 0.1) is 0 Å². The van der Waals surface area contributed by atoms with Crippen LogP contribution in [0.3, 0.4) is 0 Å². The second-order valence-corrected chi connectivity index (χ2v) is 8.28. The van der Waals surface area contributed by atoms with Gasteiger partial charge in [-0.15, -0.1) is 0 Å². The van der Waals surface area contributed by atoms with E-state index in [2.05, 4.69) is 21.8 Å². The molecule has 0 radical (unpaired) electrons. The molecular weight excluding hydrogens is 385 g/mol. The van der Waals surface area contributed by atoms with E-state index in [1.165, 1.54) is 19.2 Å². The van der Waals surface area contributed by atoms with E-state index in [1.807, 2.05) is 0 Å². The minimum atomic E-state index is -1.67. The molecule has 154 valence electrons. The van der Waals surface area contributed by atoms with Crippen LogP contribution in [0.4, 0.5) is 4.39 Å². The largest absolute Gasteiger partial charge is 0.364 e. The van der Waals surface area contributed by atoms with Crippen LogP contribution in [-0.2, 0) is 4.79 Å². The number of nitrogens with two attached hydrogens (primary N) is 1. The topological polar surface area (TPSA) is 93.6 Å². The molecule has 0 bridgehead atoms. The van der Waals surface area contributed by atoms with Crippen LogP contribution in [0.1, 0.15) is 42.9 Å². The molecule has 1 aliphatic carbocycles. The van der Waals surface area contributed by atoms with Crippen molar-refractivity contribution in [2.45, 2.75) is 32.4 Å². The summed E-state index contributed by atoms with van der Waals surface area (Å²) in [5, 5.41) is 0. The zero-order valence-corrected chi connectivity index (χ0v) is 17.1. The molecular formula is C22H22FN5O2. The van der Waals surface area contributed by atoms with Gasteiger partial charge in [-0.3, -0.25) is 9.59 Å². The van der Waals surface area contributed by atoms with Crippen molar-refractivity contribution in [2.24, 2.45) is 11.1 Å². The number of carbonyl (C=O) groups is 2. The van der Waals surface area contributed by atoms with Gasteiger partial charge in [0.25, 0.3) is 5.91 Å². The third-order valence-electron chi connectivity index (χ3n) is 5.50. The summed E-state index contributed by atoms with van der Waals surface area (Å²) in [5.74, 6) is 5.32. The van der Waals surface area contributed by atoms with E-state index < -0.39 is 17.0 Å². The fraction of sp³-hybridized carbons (Fsp3) is 0.364. The third kappa shape index (κ3) is 3.47. The lowest BCUT2D eigenvalue weighted by Gasteiger charge is -2.23. The van der Waals surface area contributed by atoms with Crippen molar-refractivity contribution in [1.82, 2.24) is 19.3 Å². The first-order valence-electron chi connectivity index (χ1n) is 9.63. The number of halogens is 1. The Morgan fingerprint density at radius 3 is 2.80 bits per heavy atom. The summed E-state index contributed by atoms with van der Waals surface area (Å²) >= 11 is 0. The van der Waals surface area contributed by atoms with Crippen LogP contribution in [0, 0.1) is 17.3 Å². The minimum Gasteiger partial charge on any atom is -0.364 e. The maximum atomic E-state index is 15.2. The van der Waals surface area contributed by atoms with Crippen molar-refractivity contribution in [3.63, 3.8) is 0 Å². The first kappa shape index (κ1) is 19.8. The number of likely N-dealkylation sites (tertiary alicyclic amines) is 1. The Morgan fingerprint density at radius 2 is 2.13 bits per heavy atom. The van der Waals surface area contributed by atoms with Gasteiger partial charge in [0.1, 0.15) is 22.5 Å². The van der Waals surface area contributed by atoms with Gasteiger partial charge in [-0.1, -0.05) is 11.8 Å². The number of amides is 2. The summed E-state index contributed by atoms with van der Waals surface area (Å²) in [6.45, 7) is 3.91. The number of alkyl halides is 1. The molecule has 2 atom stereocenters. The maximum Gasteiger partial charge on any atom is 0.268 e. The average molecular weight is 407 g/mol. The predicted octanol–water partition coefficient (Wildman–Crippen LogP) is 2.14. The van der Waals surface area contributed by atoms with Crippen molar-refractivity contribution in [2.75, 3.05) is 13.6 Å². The molecule has 2 N–H and O–H groups in total. The highest BCUT2D eigenvalue weighted by molar-refractivity contribution is 5.92. The number of rotatable bonds is 2. The Bertz CT molecular complexity index is 1200. The second-order valence-electron chi connectivity index (χ2n) is 8.28. The quantitative estimate of drug-likeness (QED) is 0.772. The number of primary amides is 1. The van der Waals surface area contributed by atoms with E-state index >= 15 is 4.39 Å². The Labute approximate surface area is 173 Å². The summed E-state index contributed by atoms with van der Waals surface area (Å²) in [7, 11) is 1.75. The third-order valence-corrected chi connectivity index (χ3v) is 5.50. The smallest absolute Gasteiger partial charge is 0.268 e. The monoisotopic (exact) mass is 407 g/mol. The molecule has 3 heterocycles. The molecule has 0 saturated carbocycles. The molecule has 30 heavy (non-hydrogen) atoms. The lowest BCUT2D eigenvalue weighted by atomic mass is 9.86. The number of nitrogens with zero attached hydrogens (tertiary/aromatic N) is 4. The normalized spacial score (nSPS) is 26.3. The highest BCUT2D eigenvalue weighted by Gasteiger charge is 2.39. The molecule has 2 aliphatic rings. The molecule has 0 spiro atoms. The van der Waals surface area contributed by atoms with Crippen LogP contribution in [0.15, 0.2) is 36.3 Å². The van der Waals surface area contributed by atoms with Crippen molar-refractivity contribution in [1.29, 1.82) is 0 Å². The van der Waals surface area contributed by atoms with E-state index in [-0.39, 0.29) is 18.0 Å². The average Bonchev–Trinajstić information content (AvgIpc) is 3.25. The van der Waals surface area contributed by atoms with Gasteiger partial charge >= 0.3 is 0 Å². The predicted molar refractivity (Wildman–Crippen MR) is 110 cm³/mol. The van der Waals surface area contributed by atoms with Gasteiger partial charge in [0.2, 0.25) is 5.91 Å². The molecule has 2 aromatic heterocycles. The Balaban J connectivity index is 1.79. The number of allylic oxidation sites excluding steroid dienone is 4.